The third-order valence-electron chi connectivity index (χ3n) is 3.44. The number of phenols is 2. The minimum absolute atomic E-state index is 0.0251. The molecule has 2 rings (SSSR count). The summed E-state index contributed by atoms with van der Waals surface area (Å²) in [5.41, 5.74) is 4.00. The lowest BCUT2D eigenvalue weighted by Crippen LogP contribution is -2.33. The van der Waals surface area contributed by atoms with Crippen LogP contribution in [0.4, 0.5) is 0 Å². The van der Waals surface area contributed by atoms with Crippen molar-refractivity contribution in [2.75, 3.05) is 0 Å². The third-order valence-corrected chi connectivity index (χ3v) is 3.44. The topological polar surface area (TPSA) is 116 Å². The van der Waals surface area contributed by atoms with Crippen molar-refractivity contribution in [2.24, 2.45) is 0 Å². The van der Waals surface area contributed by atoms with Gasteiger partial charge in [-0.3, -0.25) is 4.79 Å². The largest absolute Gasteiger partial charge is 0.508 e. The van der Waals surface area contributed by atoms with E-state index >= 15 is 0 Å². The number of phenolic OH excluding ortho intramolecular Hbond substituents is 2. The van der Waals surface area contributed by atoms with E-state index in [1.54, 1.807) is 42.5 Å². The van der Waals surface area contributed by atoms with Crippen LogP contribution in [0.5, 0.6) is 17.2 Å². The Morgan fingerprint density at radius 1 is 1.04 bits per heavy atom. The summed E-state index contributed by atoms with van der Waals surface area (Å²) in [5, 5.41) is 27.7. The van der Waals surface area contributed by atoms with E-state index in [1.807, 2.05) is 0 Å². The Morgan fingerprint density at radius 2 is 1.73 bits per heavy atom. The highest BCUT2D eigenvalue weighted by Crippen LogP contribution is 2.23. The SMILES string of the molecule is O=C[C@H](CCC(=O)O)NOc1cc(O)cc(/C=C/c2ccc(O)cc2)c1. The zero-order valence-electron chi connectivity index (χ0n) is 13.8. The molecule has 0 bridgehead atoms. The second kappa shape index (κ2) is 9.24. The van der Waals surface area contributed by atoms with Crippen LogP contribution in [-0.4, -0.2) is 33.6 Å². The molecule has 0 aliphatic heterocycles. The van der Waals surface area contributed by atoms with Crippen molar-refractivity contribution >= 4 is 24.4 Å². The molecular formula is C19H19NO6. The minimum atomic E-state index is -1.00. The number of carboxylic acid groups (broad SMARTS) is 1. The Balaban J connectivity index is 2.02. The summed E-state index contributed by atoms with van der Waals surface area (Å²) in [5.74, 6) is -0.577. The highest BCUT2D eigenvalue weighted by Gasteiger charge is 2.10. The number of hydrogen-bond acceptors (Lipinski definition) is 6. The fourth-order valence-electron chi connectivity index (χ4n) is 2.12. The maximum Gasteiger partial charge on any atom is 0.303 e. The van der Waals surface area contributed by atoms with Gasteiger partial charge in [0.1, 0.15) is 17.8 Å². The number of aldehydes is 1. The first-order chi connectivity index (χ1) is 12.5. The molecule has 0 saturated heterocycles. The Bertz CT molecular complexity index is 785. The maximum atomic E-state index is 10.9. The molecule has 1 atom stereocenters. The van der Waals surface area contributed by atoms with Crippen LogP contribution in [0.3, 0.4) is 0 Å². The van der Waals surface area contributed by atoms with Crippen molar-refractivity contribution < 1.29 is 29.7 Å². The molecule has 0 aliphatic rings. The molecule has 4 N–H and O–H groups in total. The standard InChI is InChI=1S/C19H19NO6/c21-12-15(5-8-19(24)25)20-26-18-10-14(9-17(23)11-18)2-1-13-3-6-16(22)7-4-13/h1-4,6-7,9-12,15,20,22-23H,5,8H2,(H,24,25)/b2-1+/t15-/m0/s1. The van der Waals surface area contributed by atoms with Crippen LogP contribution in [0.2, 0.25) is 0 Å². The van der Waals surface area contributed by atoms with Crippen LogP contribution in [-0.2, 0) is 9.59 Å². The molecule has 26 heavy (non-hydrogen) atoms. The van der Waals surface area contributed by atoms with Crippen LogP contribution >= 0.6 is 0 Å². The first-order valence-electron chi connectivity index (χ1n) is 7.87. The molecule has 0 saturated carbocycles. The van der Waals surface area contributed by atoms with Crippen LogP contribution in [0.15, 0.2) is 42.5 Å². The van der Waals surface area contributed by atoms with Crippen LogP contribution < -0.4 is 10.3 Å². The van der Waals surface area contributed by atoms with Gasteiger partial charge in [-0.2, -0.15) is 0 Å². The van der Waals surface area contributed by atoms with Crippen molar-refractivity contribution in [3.05, 3.63) is 53.6 Å². The zero-order chi connectivity index (χ0) is 18.9. The van der Waals surface area contributed by atoms with Gasteiger partial charge in [0.05, 0.1) is 6.04 Å². The first kappa shape index (κ1) is 19.0. The van der Waals surface area contributed by atoms with Crippen LogP contribution in [0.25, 0.3) is 12.2 Å². The van der Waals surface area contributed by atoms with E-state index in [1.165, 1.54) is 12.1 Å². The monoisotopic (exact) mass is 357 g/mol. The van der Waals surface area contributed by atoms with Gasteiger partial charge < -0.3 is 25.0 Å². The van der Waals surface area contributed by atoms with Gasteiger partial charge >= 0.3 is 5.97 Å². The lowest BCUT2D eigenvalue weighted by molar-refractivity contribution is -0.137. The molecule has 0 aromatic heterocycles. The Labute approximate surface area is 150 Å². The Hall–Kier alpha value is -3.32. The van der Waals surface area contributed by atoms with E-state index in [0.717, 1.165) is 5.56 Å². The quantitative estimate of drug-likeness (QED) is 0.310. The molecule has 7 heteroatoms. The second-order valence-electron chi connectivity index (χ2n) is 5.58. The number of carbonyl (C=O) groups is 2. The van der Waals surface area contributed by atoms with Gasteiger partial charge in [0.2, 0.25) is 0 Å². The fourth-order valence-corrected chi connectivity index (χ4v) is 2.12. The lowest BCUT2D eigenvalue weighted by Gasteiger charge is -2.13. The van der Waals surface area contributed by atoms with E-state index in [0.29, 0.717) is 11.8 Å². The van der Waals surface area contributed by atoms with Gasteiger partial charge in [-0.25, -0.2) is 0 Å². The Kier molecular flexibility index (Phi) is 6.75. The summed E-state index contributed by atoms with van der Waals surface area (Å²) in [6.45, 7) is 0. The van der Waals surface area contributed by atoms with Crippen molar-refractivity contribution in [3.63, 3.8) is 0 Å². The summed E-state index contributed by atoms with van der Waals surface area (Å²) >= 11 is 0. The van der Waals surface area contributed by atoms with Gasteiger partial charge in [-0.15, -0.1) is 5.48 Å². The molecule has 2 aromatic carbocycles. The molecule has 0 amide bonds. The first-order valence-corrected chi connectivity index (χ1v) is 7.87. The van der Waals surface area contributed by atoms with E-state index in [4.69, 9.17) is 9.94 Å². The smallest absolute Gasteiger partial charge is 0.303 e. The molecule has 0 heterocycles. The fraction of sp³-hybridized carbons (Fsp3) is 0.158. The minimum Gasteiger partial charge on any atom is -0.508 e. The van der Waals surface area contributed by atoms with E-state index in [2.05, 4.69) is 5.48 Å². The Morgan fingerprint density at radius 3 is 2.38 bits per heavy atom. The van der Waals surface area contributed by atoms with E-state index in [9.17, 15) is 19.8 Å². The maximum absolute atomic E-state index is 10.9. The number of aliphatic carboxylic acids is 1. The molecule has 0 unspecified atom stereocenters. The number of benzene rings is 2. The van der Waals surface area contributed by atoms with Crippen LogP contribution in [0, 0.1) is 0 Å². The second-order valence-corrected chi connectivity index (χ2v) is 5.58. The molecule has 136 valence electrons. The average Bonchev–Trinajstić information content (AvgIpc) is 2.61. The molecule has 0 fully saturated rings. The number of nitrogens with one attached hydrogen (secondary N) is 1. The summed E-state index contributed by atoms with van der Waals surface area (Å²) < 4.78 is 0. The summed E-state index contributed by atoms with van der Waals surface area (Å²) in [6.07, 6.45) is 4.04. The van der Waals surface area contributed by atoms with Crippen molar-refractivity contribution in [3.8, 4) is 17.2 Å². The average molecular weight is 357 g/mol. The van der Waals surface area contributed by atoms with Crippen molar-refractivity contribution in [2.45, 2.75) is 18.9 Å². The number of hydrogen-bond donors (Lipinski definition) is 4. The summed E-state index contributed by atoms with van der Waals surface area (Å²) in [6, 6.07) is 10.4. The lowest BCUT2D eigenvalue weighted by atomic mass is 10.1. The van der Waals surface area contributed by atoms with E-state index < -0.39 is 12.0 Å². The molecule has 2 aromatic rings. The summed E-state index contributed by atoms with van der Waals surface area (Å²) in [7, 11) is 0. The number of rotatable bonds is 9. The molecule has 0 spiro atoms. The van der Waals surface area contributed by atoms with Gasteiger partial charge in [0.15, 0.2) is 5.75 Å². The van der Waals surface area contributed by atoms with Gasteiger partial charge in [0.25, 0.3) is 0 Å². The zero-order valence-corrected chi connectivity index (χ0v) is 13.8. The van der Waals surface area contributed by atoms with Gasteiger partial charge in [-0.05, 0) is 41.8 Å². The number of hydroxylamine groups is 1. The van der Waals surface area contributed by atoms with Crippen molar-refractivity contribution in [1.29, 1.82) is 0 Å². The van der Waals surface area contributed by atoms with Gasteiger partial charge in [0, 0.05) is 12.5 Å². The van der Waals surface area contributed by atoms with Crippen LogP contribution in [0.1, 0.15) is 24.0 Å². The van der Waals surface area contributed by atoms with Gasteiger partial charge in [-0.1, -0.05) is 24.3 Å². The highest BCUT2D eigenvalue weighted by atomic mass is 16.6. The highest BCUT2D eigenvalue weighted by molar-refractivity contribution is 5.71. The number of carboxylic acids is 1. The predicted octanol–water partition coefficient (Wildman–Crippen LogP) is 2.58. The molecule has 7 nitrogen and oxygen atoms in total. The predicted molar refractivity (Wildman–Crippen MR) is 95.6 cm³/mol. The van der Waals surface area contributed by atoms with Crippen molar-refractivity contribution in [1.82, 2.24) is 5.48 Å². The normalized spacial score (nSPS) is 12.0. The third kappa shape index (κ3) is 6.29. The summed E-state index contributed by atoms with van der Waals surface area (Å²) in [4.78, 5) is 26.8. The molecule has 0 radical (unpaired) electrons. The molecular weight excluding hydrogens is 338 g/mol. The molecule has 0 aliphatic carbocycles. The number of aromatic hydroxyl groups is 2. The number of carbonyl (C=O) groups excluding carboxylic acids is 1. The van der Waals surface area contributed by atoms with E-state index in [-0.39, 0.29) is 30.1 Å².